The van der Waals surface area contributed by atoms with Crippen LogP contribution in [0.3, 0.4) is 0 Å². The molecule has 3 aromatic heterocycles. The molecule has 0 aliphatic carbocycles. The molecule has 0 fully saturated rings. The monoisotopic (exact) mass is 307 g/mol. The van der Waals surface area contributed by atoms with Crippen LogP contribution >= 0.6 is 22.9 Å². The second-order valence-corrected chi connectivity index (χ2v) is 5.21. The Morgan fingerprint density at radius 2 is 2.25 bits per heavy atom. The maximum atomic E-state index is 5.87. The minimum absolute atomic E-state index is 0.0924. The van der Waals surface area contributed by atoms with Gasteiger partial charge < -0.3 is 4.74 Å². The molecule has 0 bridgehead atoms. The molecule has 8 heteroatoms. The summed E-state index contributed by atoms with van der Waals surface area (Å²) in [7, 11) is 0. The van der Waals surface area contributed by atoms with Gasteiger partial charge in [-0.1, -0.05) is 6.07 Å². The van der Waals surface area contributed by atoms with Crippen molar-refractivity contribution < 1.29 is 4.74 Å². The first kappa shape index (κ1) is 13.0. The second-order valence-electron chi connectivity index (χ2n) is 3.83. The van der Waals surface area contributed by atoms with Crippen LogP contribution in [0.5, 0.6) is 6.01 Å². The van der Waals surface area contributed by atoms with Gasteiger partial charge in [-0.3, -0.25) is 4.57 Å². The average Bonchev–Trinajstić information content (AvgIpc) is 3.11. The number of hydrogen-bond donors (Lipinski definition) is 0. The van der Waals surface area contributed by atoms with E-state index in [9.17, 15) is 0 Å². The van der Waals surface area contributed by atoms with E-state index in [4.69, 9.17) is 16.3 Å². The van der Waals surface area contributed by atoms with Gasteiger partial charge in [0.15, 0.2) is 0 Å². The predicted molar refractivity (Wildman–Crippen MR) is 75.5 cm³/mol. The average molecular weight is 308 g/mol. The van der Waals surface area contributed by atoms with Gasteiger partial charge in [0.05, 0.1) is 6.61 Å². The van der Waals surface area contributed by atoms with Crippen molar-refractivity contribution in [3.05, 3.63) is 46.4 Å². The number of thiophene rings is 1. The van der Waals surface area contributed by atoms with Crippen molar-refractivity contribution in [2.45, 2.75) is 6.42 Å². The van der Waals surface area contributed by atoms with Crippen LogP contribution in [-0.2, 0) is 6.42 Å². The normalized spacial score (nSPS) is 10.7. The standard InChI is InChI=1S/C12H10ClN5OS/c13-10-15-11(18-5-4-14-8-18)17-12(16-10)19-6-3-9-2-1-7-20-9/h1-2,4-5,7-8H,3,6H2. The fraction of sp³-hybridized carbons (Fsp3) is 0.167. The summed E-state index contributed by atoms with van der Waals surface area (Å²) < 4.78 is 7.16. The van der Waals surface area contributed by atoms with Crippen LogP contribution in [0.1, 0.15) is 4.88 Å². The zero-order valence-corrected chi connectivity index (χ0v) is 11.9. The third kappa shape index (κ3) is 3.12. The Morgan fingerprint density at radius 3 is 3.00 bits per heavy atom. The Morgan fingerprint density at radius 1 is 1.30 bits per heavy atom. The summed E-state index contributed by atoms with van der Waals surface area (Å²) >= 11 is 7.56. The molecule has 0 aromatic carbocycles. The van der Waals surface area contributed by atoms with Crippen LogP contribution in [0.2, 0.25) is 5.28 Å². The van der Waals surface area contributed by atoms with Crippen LogP contribution in [0, 0.1) is 0 Å². The number of hydrogen-bond acceptors (Lipinski definition) is 6. The molecular formula is C12H10ClN5OS. The molecule has 20 heavy (non-hydrogen) atoms. The minimum atomic E-state index is 0.0924. The molecule has 3 rings (SSSR count). The molecule has 0 atom stereocenters. The Labute approximate surface area is 124 Å². The molecule has 6 nitrogen and oxygen atoms in total. The molecule has 3 heterocycles. The molecule has 0 aliphatic heterocycles. The van der Waals surface area contributed by atoms with Gasteiger partial charge in [0.1, 0.15) is 6.33 Å². The maximum Gasteiger partial charge on any atom is 0.322 e. The molecule has 0 radical (unpaired) electrons. The lowest BCUT2D eigenvalue weighted by Crippen LogP contribution is -2.07. The van der Waals surface area contributed by atoms with E-state index in [1.807, 2.05) is 11.4 Å². The van der Waals surface area contributed by atoms with Crippen LogP contribution in [-0.4, -0.2) is 31.1 Å². The van der Waals surface area contributed by atoms with Crippen molar-refractivity contribution in [3.8, 4) is 12.0 Å². The summed E-state index contributed by atoms with van der Waals surface area (Å²) in [6.07, 6.45) is 5.75. The van der Waals surface area contributed by atoms with Crippen LogP contribution in [0.4, 0.5) is 0 Å². The van der Waals surface area contributed by atoms with Crippen LogP contribution < -0.4 is 4.74 Å². The summed E-state index contributed by atoms with van der Waals surface area (Å²) in [6, 6.07) is 4.28. The van der Waals surface area contributed by atoms with E-state index in [1.165, 1.54) is 4.88 Å². The summed E-state index contributed by atoms with van der Waals surface area (Å²) in [5.74, 6) is 0.383. The van der Waals surface area contributed by atoms with E-state index in [2.05, 4.69) is 26.0 Å². The molecule has 0 saturated heterocycles. The van der Waals surface area contributed by atoms with Gasteiger partial charge in [-0.15, -0.1) is 11.3 Å². The summed E-state index contributed by atoms with van der Waals surface area (Å²) in [5.41, 5.74) is 0. The first-order chi connectivity index (χ1) is 9.81. The number of aromatic nitrogens is 5. The Bertz CT molecular complexity index is 671. The van der Waals surface area contributed by atoms with Gasteiger partial charge in [0.2, 0.25) is 11.2 Å². The van der Waals surface area contributed by atoms with Gasteiger partial charge in [-0.2, -0.15) is 15.0 Å². The largest absolute Gasteiger partial charge is 0.463 e. The van der Waals surface area contributed by atoms with Gasteiger partial charge in [-0.05, 0) is 23.0 Å². The minimum Gasteiger partial charge on any atom is -0.463 e. The predicted octanol–water partition coefficient (Wildman–Crippen LogP) is 2.39. The molecule has 0 spiro atoms. The number of imidazole rings is 1. The molecule has 0 aliphatic rings. The number of ether oxygens (including phenoxy) is 1. The van der Waals surface area contributed by atoms with Crippen molar-refractivity contribution in [3.63, 3.8) is 0 Å². The Balaban J connectivity index is 1.70. The lowest BCUT2D eigenvalue weighted by atomic mass is 10.4. The SMILES string of the molecule is Clc1nc(OCCc2cccs2)nc(-n2ccnc2)n1. The van der Waals surface area contributed by atoms with Crippen LogP contribution in [0.15, 0.2) is 36.2 Å². The fourth-order valence-corrected chi connectivity index (χ4v) is 2.42. The summed E-state index contributed by atoms with van der Waals surface area (Å²) in [4.78, 5) is 17.4. The van der Waals surface area contributed by atoms with Crippen molar-refractivity contribution in [2.75, 3.05) is 6.61 Å². The Kier molecular flexibility index (Phi) is 3.89. The fourth-order valence-electron chi connectivity index (χ4n) is 1.58. The number of rotatable bonds is 5. The molecule has 0 amide bonds. The highest BCUT2D eigenvalue weighted by Crippen LogP contribution is 2.13. The maximum absolute atomic E-state index is 5.87. The van der Waals surface area contributed by atoms with E-state index in [0.29, 0.717) is 12.6 Å². The van der Waals surface area contributed by atoms with Crippen molar-refractivity contribution in [1.82, 2.24) is 24.5 Å². The second kappa shape index (κ2) is 5.98. The quantitative estimate of drug-likeness (QED) is 0.724. The third-order valence-corrected chi connectivity index (χ3v) is 3.58. The van der Waals surface area contributed by atoms with E-state index in [0.717, 1.165) is 6.42 Å². The molecule has 0 saturated carbocycles. The topological polar surface area (TPSA) is 65.7 Å². The zero-order valence-electron chi connectivity index (χ0n) is 10.3. The Hall–Kier alpha value is -1.99. The van der Waals surface area contributed by atoms with E-state index in [-0.39, 0.29) is 11.3 Å². The third-order valence-electron chi connectivity index (χ3n) is 2.47. The van der Waals surface area contributed by atoms with Gasteiger partial charge >= 0.3 is 6.01 Å². The smallest absolute Gasteiger partial charge is 0.322 e. The van der Waals surface area contributed by atoms with Gasteiger partial charge in [-0.25, -0.2) is 4.98 Å². The summed E-state index contributed by atoms with van der Waals surface area (Å²) in [5, 5.41) is 2.13. The highest BCUT2D eigenvalue weighted by Gasteiger charge is 2.07. The molecule has 0 N–H and O–H groups in total. The van der Waals surface area contributed by atoms with E-state index >= 15 is 0 Å². The molecule has 102 valence electrons. The lowest BCUT2D eigenvalue weighted by Gasteiger charge is -2.05. The zero-order chi connectivity index (χ0) is 13.8. The van der Waals surface area contributed by atoms with Crippen molar-refractivity contribution in [1.29, 1.82) is 0 Å². The first-order valence-corrected chi connectivity index (χ1v) is 7.12. The molecular weight excluding hydrogens is 298 g/mol. The summed E-state index contributed by atoms with van der Waals surface area (Å²) in [6.45, 7) is 0.490. The highest BCUT2D eigenvalue weighted by molar-refractivity contribution is 7.09. The molecule has 0 unspecified atom stereocenters. The van der Waals surface area contributed by atoms with E-state index in [1.54, 1.807) is 34.6 Å². The van der Waals surface area contributed by atoms with Crippen molar-refractivity contribution >= 4 is 22.9 Å². The van der Waals surface area contributed by atoms with Gasteiger partial charge in [0.25, 0.3) is 0 Å². The van der Waals surface area contributed by atoms with E-state index < -0.39 is 0 Å². The lowest BCUT2D eigenvalue weighted by molar-refractivity contribution is 0.295. The van der Waals surface area contributed by atoms with Crippen molar-refractivity contribution in [2.24, 2.45) is 0 Å². The highest BCUT2D eigenvalue weighted by atomic mass is 35.5. The van der Waals surface area contributed by atoms with Crippen LogP contribution in [0.25, 0.3) is 5.95 Å². The number of halogens is 1. The first-order valence-electron chi connectivity index (χ1n) is 5.86. The molecule has 3 aromatic rings. The van der Waals surface area contributed by atoms with Gasteiger partial charge in [0, 0.05) is 23.7 Å². The number of nitrogens with zero attached hydrogens (tertiary/aromatic N) is 5.